The van der Waals surface area contributed by atoms with Crippen LogP contribution in [0.4, 0.5) is 0 Å². The summed E-state index contributed by atoms with van der Waals surface area (Å²) in [7, 11) is 0. The Morgan fingerprint density at radius 2 is 2.15 bits per heavy atom. The zero-order valence-corrected chi connectivity index (χ0v) is 18.3. The number of amides is 1. The third-order valence-corrected chi connectivity index (χ3v) is 7.84. The molecule has 27 heavy (non-hydrogen) atoms. The number of rotatable bonds is 3. The molecule has 148 valence electrons. The van der Waals surface area contributed by atoms with Gasteiger partial charge in [0.05, 0.1) is 23.6 Å². The summed E-state index contributed by atoms with van der Waals surface area (Å²) in [5.41, 5.74) is 0.976. The second kappa shape index (κ2) is 8.53. The first-order chi connectivity index (χ1) is 13.0. The quantitative estimate of drug-likeness (QED) is 0.622. The number of carbonyl (C=O) groups is 1. The van der Waals surface area contributed by atoms with Crippen LogP contribution in [0.1, 0.15) is 31.2 Å². The molecule has 3 aliphatic rings. The number of nitrogens with one attached hydrogen (secondary N) is 1. The van der Waals surface area contributed by atoms with Gasteiger partial charge in [-0.2, -0.15) is 0 Å². The minimum Gasteiger partial charge on any atom is -0.392 e. The summed E-state index contributed by atoms with van der Waals surface area (Å²) in [6, 6.07) is 6.79. The smallest absolute Gasteiger partial charge is 0.227 e. The highest BCUT2D eigenvalue weighted by atomic mass is 127. The van der Waals surface area contributed by atoms with Gasteiger partial charge in [0.2, 0.25) is 5.91 Å². The lowest BCUT2D eigenvalue weighted by atomic mass is 9.82. The molecular formula is C20H27ClIN3O2. The number of fused-ring (bicyclic) bond motifs is 1. The Labute approximate surface area is 179 Å². The molecule has 1 aliphatic carbocycles. The van der Waals surface area contributed by atoms with E-state index in [1.54, 1.807) is 0 Å². The van der Waals surface area contributed by atoms with Gasteiger partial charge in [-0.05, 0) is 59.5 Å². The first-order valence-corrected chi connectivity index (χ1v) is 11.4. The molecule has 5 nitrogen and oxygen atoms in total. The van der Waals surface area contributed by atoms with Crippen LogP contribution in [0.2, 0.25) is 5.02 Å². The van der Waals surface area contributed by atoms with Crippen LogP contribution in [0.25, 0.3) is 0 Å². The van der Waals surface area contributed by atoms with Crippen molar-refractivity contribution < 1.29 is 9.90 Å². The summed E-state index contributed by atoms with van der Waals surface area (Å²) < 4.78 is 1.01. The number of piperazine rings is 1. The Kier molecular flexibility index (Phi) is 6.28. The molecule has 3 fully saturated rings. The van der Waals surface area contributed by atoms with E-state index >= 15 is 0 Å². The predicted octanol–water partition coefficient (Wildman–Crippen LogP) is 2.28. The maximum Gasteiger partial charge on any atom is 0.227 e. The lowest BCUT2D eigenvalue weighted by Crippen LogP contribution is -2.68. The van der Waals surface area contributed by atoms with E-state index in [0.717, 1.165) is 54.6 Å². The van der Waals surface area contributed by atoms with Crippen LogP contribution in [0.3, 0.4) is 0 Å². The minimum atomic E-state index is -0.222. The number of aliphatic hydroxyl groups is 1. The second-order valence-corrected chi connectivity index (χ2v) is 9.57. The molecule has 0 radical (unpaired) electrons. The normalized spacial score (nSPS) is 31.7. The van der Waals surface area contributed by atoms with Gasteiger partial charge in [0.1, 0.15) is 0 Å². The fourth-order valence-corrected chi connectivity index (χ4v) is 5.55. The Hall–Kier alpha value is -0.410. The maximum atomic E-state index is 13.2. The van der Waals surface area contributed by atoms with Gasteiger partial charge >= 0.3 is 0 Å². The molecule has 7 heteroatoms. The van der Waals surface area contributed by atoms with Gasteiger partial charge in [0, 0.05) is 41.8 Å². The van der Waals surface area contributed by atoms with Crippen LogP contribution in [0.15, 0.2) is 18.2 Å². The predicted molar refractivity (Wildman–Crippen MR) is 115 cm³/mol. The molecular weight excluding hydrogens is 477 g/mol. The highest BCUT2D eigenvalue weighted by molar-refractivity contribution is 14.1. The summed E-state index contributed by atoms with van der Waals surface area (Å²) in [4.78, 5) is 17.8. The number of carbonyl (C=O) groups excluding carboxylic acids is 1. The number of likely N-dealkylation sites (tertiary alicyclic amines) is 1. The Morgan fingerprint density at radius 3 is 2.89 bits per heavy atom. The highest BCUT2D eigenvalue weighted by Crippen LogP contribution is 2.32. The van der Waals surface area contributed by atoms with Crippen molar-refractivity contribution in [1.82, 2.24) is 15.1 Å². The number of aliphatic hydroxyl groups excluding tert-OH is 1. The molecule has 0 spiro atoms. The monoisotopic (exact) mass is 503 g/mol. The molecule has 4 atom stereocenters. The number of hydrogen-bond donors (Lipinski definition) is 2. The summed E-state index contributed by atoms with van der Waals surface area (Å²) in [5, 5.41) is 14.3. The molecule has 2 aliphatic heterocycles. The number of benzene rings is 1. The SMILES string of the molecule is O=C(Cc1ccc(I)c(Cl)c1)N1CCNC2CCCC(N3CC[C@H](O)C3)C21. The average molecular weight is 504 g/mol. The number of hydrogen-bond acceptors (Lipinski definition) is 4. The summed E-state index contributed by atoms with van der Waals surface area (Å²) in [6.07, 6.45) is 4.43. The minimum absolute atomic E-state index is 0.190. The van der Waals surface area contributed by atoms with E-state index in [1.165, 1.54) is 6.42 Å². The van der Waals surface area contributed by atoms with Crippen LogP contribution in [0, 0.1) is 3.57 Å². The fourth-order valence-electron chi connectivity index (χ4n) is 5.01. The van der Waals surface area contributed by atoms with Crippen molar-refractivity contribution >= 4 is 40.1 Å². The Balaban J connectivity index is 1.52. The van der Waals surface area contributed by atoms with Gasteiger partial charge in [-0.15, -0.1) is 0 Å². The van der Waals surface area contributed by atoms with Crippen LogP contribution < -0.4 is 5.32 Å². The molecule has 4 rings (SSSR count). The van der Waals surface area contributed by atoms with Crippen molar-refractivity contribution in [3.63, 3.8) is 0 Å². The van der Waals surface area contributed by atoms with Gasteiger partial charge in [-0.25, -0.2) is 0 Å². The summed E-state index contributed by atoms with van der Waals surface area (Å²) >= 11 is 8.45. The standard InChI is InChI=1S/C20H27ClIN3O2/c21-15-10-13(4-5-16(15)22)11-19(27)25-9-7-23-17-2-1-3-18(20(17)25)24-8-6-14(26)12-24/h4-5,10,14,17-18,20,23,26H,1-3,6-9,11-12H2/t14-,17?,18?,20?/m0/s1. The first-order valence-electron chi connectivity index (χ1n) is 9.92. The molecule has 1 amide bonds. The topological polar surface area (TPSA) is 55.8 Å². The number of β-amino-alcohol motifs (C(OH)–C–C–N with tert-alkyl or cyclic N) is 1. The van der Waals surface area contributed by atoms with Gasteiger partial charge in [-0.3, -0.25) is 9.69 Å². The average Bonchev–Trinajstić information content (AvgIpc) is 3.10. The van der Waals surface area contributed by atoms with Crippen molar-refractivity contribution in [2.24, 2.45) is 0 Å². The molecule has 2 saturated heterocycles. The number of nitrogens with zero attached hydrogens (tertiary/aromatic N) is 2. The molecule has 1 aromatic carbocycles. The molecule has 0 bridgehead atoms. The Morgan fingerprint density at radius 1 is 1.30 bits per heavy atom. The zero-order valence-electron chi connectivity index (χ0n) is 15.4. The lowest BCUT2D eigenvalue weighted by Gasteiger charge is -2.51. The molecule has 1 saturated carbocycles. The lowest BCUT2D eigenvalue weighted by molar-refractivity contribution is -0.138. The van der Waals surface area contributed by atoms with Crippen molar-refractivity contribution in [1.29, 1.82) is 0 Å². The van der Waals surface area contributed by atoms with Crippen molar-refractivity contribution in [2.45, 2.75) is 56.3 Å². The van der Waals surface area contributed by atoms with Crippen LogP contribution in [-0.4, -0.2) is 71.2 Å². The van der Waals surface area contributed by atoms with E-state index in [9.17, 15) is 9.90 Å². The Bertz CT molecular complexity index is 702. The van der Waals surface area contributed by atoms with Crippen molar-refractivity contribution in [3.05, 3.63) is 32.4 Å². The molecule has 2 heterocycles. The largest absolute Gasteiger partial charge is 0.392 e. The third-order valence-electron chi connectivity index (χ3n) is 6.26. The van der Waals surface area contributed by atoms with Gasteiger partial charge in [0.15, 0.2) is 0 Å². The van der Waals surface area contributed by atoms with Crippen LogP contribution >= 0.6 is 34.2 Å². The highest BCUT2D eigenvalue weighted by Gasteiger charge is 2.44. The third kappa shape index (κ3) is 4.29. The van der Waals surface area contributed by atoms with E-state index in [1.807, 2.05) is 18.2 Å². The van der Waals surface area contributed by atoms with Gasteiger partial charge < -0.3 is 15.3 Å². The first kappa shape index (κ1) is 19.9. The van der Waals surface area contributed by atoms with Crippen LogP contribution in [-0.2, 0) is 11.2 Å². The maximum absolute atomic E-state index is 13.2. The molecule has 2 N–H and O–H groups in total. The molecule has 0 aromatic heterocycles. The van der Waals surface area contributed by atoms with E-state index in [2.05, 4.69) is 37.7 Å². The summed E-state index contributed by atoms with van der Waals surface area (Å²) in [6.45, 7) is 3.28. The van der Waals surface area contributed by atoms with E-state index in [4.69, 9.17) is 11.6 Å². The fraction of sp³-hybridized carbons (Fsp3) is 0.650. The number of halogens is 2. The van der Waals surface area contributed by atoms with E-state index < -0.39 is 0 Å². The van der Waals surface area contributed by atoms with E-state index in [0.29, 0.717) is 23.5 Å². The molecule has 3 unspecified atom stereocenters. The molecule has 1 aromatic rings. The second-order valence-electron chi connectivity index (χ2n) is 8.00. The van der Waals surface area contributed by atoms with Gasteiger partial charge in [0.25, 0.3) is 0 Å². The van der Waals surface area contributed by atoms with Crippen LogP contribution in [0.5, 0.6) is 0 Å². The van der Waals surface area contributed by atoms with Gasteiger partial charge in [-0.1, -0.05) is 24.1 Å². The van der Waals surface area contributed by atoms with E-state index in [-0.39, 0.29) is 18.1 Å². The zero-order chi connectivity index (χ0) is 19.0. The summed E-state index contributed by atoms with van der Waals surface area (Å²) in [5.74, 6) is 0.190. The van der Waals surface area contributed by atoms with Crippen molar-refractivity contribution in [3.8, 4) is 0 Å². The van der Waals surface area contributed by atoms with Crippen molar-refractivity contribution in [2.75, 3.05) is 26.2 Å².